The number of carbonyl (C=O) groups is 1. The van der Waals surface area contributed by atoms with Crippen LogP contribution in [-0.2, 0) is 17.0 Å². The Morgan fingerprint density at radius 1 is 1.29 bits per heavy atom. The van der Waals surface area contributed by atoms with E-state index in [1.54, 1.807) is 29.4 Å². The Morgan fingerprint density at radius 2 is 2.12 bits per heavy atom. The van der Waals surface area contributed by atoms with Crippen molar-refractivity contribution in [3.05, 3.63) is 59.3 Å². The minimum atomic E-state index is 0.00531. The number of benzene rings is 1. The molecule has 24 heavy (non-hydrogen) atoms. The molecular weight excluding hydrogens is 340 g/mol. The van der Waals surface area contributed by atoms with Crippen LogP contribution in [0.1, 0.15) is 18.2 Å². The molecule has 3 aromatic rings. The number of thioether (sulfide) groups is 1. The number of aromatic nitrogens is 1. The molecule has 1 aromatic carbocycles. The summed E-state index contributed by atoms with van der Waals surface area (Å²) in [4.78, 5) is 16.5. The molecule has 0 bridgehead atoms. The van der Waals surface area contributed by atoms with Gasteiger partial charge < -0.3 is 9.73 Å². The van der Waals surface area contributed by atoms with Crippen molar-refractivity contribution in [1.29, 1.82) is 0 Å². The summed E-state index contributed by atoms with van der Waals surface area (Å²) in [5.74, 6) is 1.90. The predicted molar refractivity (Wildman–Crippen MR) is 100 cm³/mol. The second kappa shape index (κ2) is 8.17. The van der Waals surface area contributed by atoms with Gasteiger partial charge in [0.1, 0.15) is 0 Å². The van der Waals surface area contributed by atoms with Crippen molar-refractivity contribution in [2.75, 3.05) is 11.1 Å². The highest BCUT2D eigenvalue weighted by Crippen LogP contribution is 2.25. The predicted octanol–water partition coefficient (Wildman–Crippen LogP) is 4.84. The van der Waals surface area contributed by atoms with Crippen molar-refractivity contribution in [2.45, 2.75) is 19.1 Å². The molecule has 2 aromatic heterocycles. The Balaban J connectivity index is 1.45. The third-order valence-electron chi connectivity index (χ3n) is 3.41. The maximum atomic E-state index is 12.0. The van der Waals surface area contributed by atoms with Gasteiger partial charge in [0.15, 0.2) is 10.8 Å². The Bertz CT molecular complexity index is 780. The minimum Gasteiger partial charge on any atom is -0.462 e. The van der Waals surface area contributed by atoms with Gasteiger partial charge in [0, 0.05) is 16.8 Å². The fraction of sp³-hybridized carbons (Fsp3) is 0.222. The monoisotopic (exact) mass is 358 g/mol. The maximum Gasteiger partial charge on any atom is 0.234 e. The van der Waals surface area contributed by atoms with E-state index in [-0.39, 0.29) is 5.91 Å². The lowest BCUT2D eigenvalue weighted by atomic mass is 10.1. The van der Waals surface area contributed by atoms with Gasteiger partial charge in [-0.3, -0.25) is 4.79 Å². The lowest BCUT2D eigenvalue weighted by molar-refractivity contribution is -0.113. The summed E-state index contributed by atoms with van der Waals surface area (Å²) in [6, 6.07) is 11.7. The molecule has 0 aliphatic heterocycles. The van der Waals surface area contributed by atoms with E-state index in [4.69, 9.17) is 4.42 Å². The number of hydrogen-bond acceptors (Lipinski definition) is 5. The fourth-order valence-electron chi connectivity index (χ4n) is 2.16. The molecule has 0 aliphatic carbocycles. The number of thiazole rings is 1. The smallest absolute Gasteiger partial charge is 0.234 e. The summed E-state index contributed by atoms with van der Waals surface area (Å²) in [7, 11) is 0. The van der Waals surface area contributed by atoms with Crippen LogP contribution >= 0.6 is 23.1 Å². The van der Waals surface area contributed by atoms with E-state index in [1.807, 2.05) is 41.8 Å². The highest BCUT2D eigenvalue weighted by Gasteiger charge is 2.08. The van der Waals surface area contributed by atoms with Crippen LogP contribution in [0, 0.1) is 0 Å². The largest absolute Gasteiger partial charge is 0.462 e. The molecule has 0 saturated carbocycles. The van der Waals surface area contributed by atoms with E-state index in [2.05, 4.69) is 17.2 Å². The first kappa shape index (κ1) is 16.8. The second-order valence-electron chi connectivity index (χ2n) is 5.21. The van der Waals surface area contributed by atoms with Crippen molar-refractivity contribution in [2.24, 2.45) is 0 Å². The van der Waals surface area contributed by atoms with Crippen molar-refractivity contribution in [3.63, 3.8) is 0 Å². The van der Waals surface area contributed by atoms with Gasteiger partial charge in [-0.15, -0.1) is 23.1 Å². The van der Waals surface area contributed by atoms with Gasteiger partial charge in [-0.2, -0.15) is 0 Å². The number of anilines is 1. The zero-order chi connectivity index (χ0) is 16.8. The van der Waals surface area contributed by atoms with E-state index >= 15 is 0 Å². The standard InChI is InChI=1S/C18H18N2O2S2/c1-2-13-5-7-14(8-6-13)19-17(21)12-23-10-15-11-24-18(20-15)16-4-3-9-22-16/h3-9,11H,2,10,12H2,1H3,(H,19,21). The molecule has 6 heteroatoms. The number of rotatable bonds is 7. The van der Waals surface area contributed by atoms with Gasteiger partial charge in [-0.05, 0) is 36.2 Å². The third kappa shape index (κ3) is 4.49. The lowest BCUT2D eigenvalue weighted by Gasteiger charge is -2.05. The molecular formula is C18H18N2O2S2. The first-order chi connectivity index (χ1) is 11.7. The van der Waals surface area contributed by atoms with Crippen LogP contribution in [0.2, 0.25) is 0 Å². The van der Waals surface area contributed by atoms with E-state index in [9.17, 15) is 4.79 Å². The SMILES string of the molecule is CCc1ccc(NC(=O)CSCc2csc(-c3ccco3)n2)cc1. The Hall–Kier alpha value is -2.05. The number of carbonyl (C=O) groups excluding carboxylic acids is 1. The highest BCUT2D eigenvalue weighted by molar-refractivity contribution is 7.99. The van der Waals surface area contributed by atoms with Crippen LogP contribution < -0.4 is 5.32 Å². The van der Waals surface area contributed by atoms with E-state index in [0.29, 0.717) is 11.5 Å². The quantitative estimate of drug-likeness (QED) is 0.657. The Kier molecular flexibility index (Phi) is 5.72. The number of nitrogens with one attached hydrogen (secondary N) is 1. The highest BCUT2D eigenvalue weighted by atomic mass is 32.2. The molecule has 0 unspecified atom stereocenters. The Labute approximate surface area is 149 Å². The van der Waals surface area contributed by atoms with Crippen LogP contribution in [0.3, 0.4) is 0 Å². The normalized spacial score (nSPS) is 10.7. The molecule has 0 saturated heterocycles. The topological polar surface area (TPSA) is 55.1 Å². The van der Waals surface area contributed by atoms with Crippen LogP contribution in [-0.4, -0.2) is 16.6 Å². The maximum absolute atomic E-state index is 12.0. The average molecular weight is 358 g/mol. The fourth-order valence-corrected chi connectivity index (χ4v) is 3.76. The molecule has 0 radical (unpaired) electrons. The van der Waals surface area contributed by atoms with Crippen molar-refractivity contribution in [1.82, 2.24) is 4.98 Å². The number of aryl methyl sites for hydroxylation is 1. The lowest BCUT2D eigenvalue weighted by Crippen LogP contribution is -2.14. The van der Waals surface area contributed by atoms with E-state index < -0.39 is 0 Å². The first-order valence-electron chi connectivity index (χ1n) is 7.69. The third-order valence-corrected chi connectivity index (χ3v) is 5.28. The van der Waals surface area contributed by atoms with Crippen LogP contribution in [0.25, 0.3) is 10.8 Å². The number of nitrogens with zero attached hydrogens (tertiary/aromatic N) is 1. The molecule has 0 aliphatic rings. The van der Waals surface area contributed by atoms with E-state index in [1.165, 1.54) is 5.56 Å². The van der Waals surface area contributed by atoms with Gasteiger partial charge in [0.2, 0.25) is 5.91 Å². The van der Waals surface area contributed by atoms with Crippen molar-refractivity contribution >= 4 is 34.7 Å². The molecule has 124 valence electrons. The first-order valence-corrected chi connectivity index (χ1v) is 9.73. The van der Waals surface area contributed by atoms with E-state index in [0.717, 1.165) is 28.6 Å². The van der Waals surface area contributed by atoms with Crippen LogP contribution in [0.5, 0.6) is 0 Å². The molecule has 0 spiro atoms. The van der Waals surface area contributed by atoms with Gasteiger partial charge in [0.25, 0.3) is 0 Å². The molecule has 1 amide bonds. The molecule has 2 heterocycles. The van der Waals surface area contributed by atoms with Crippen molar-refractivity contribution in [3.8, 4) is 10.8 Å². The molecule has 0 fully saturated rings. The molecule has 0 atom stereocenters. The van der Waals surface area contributed by atoms with Gasteiger partial charge >= 0.3 is 0 Å². The number of amides is 1. The summed E-state index contributed by atoms with van der Waals surface area (Å²) in [5.41, 5.74) is 3.07. The van der Waals surface area contributed by atoms with Crippen molar-refractivity contribution < 1.29 is 9.21 Å². The average Bonchev–Trinajstić information content (AvgIpc) is 3.27. The molecule has 4 nitrogen and oxygen atoms in total. The van der Waals surface area contributed by atoms with Crippen LogP contribution in [0.15, 0.2) is 52.5 Å². The summed E-state index contributed by atoms with van der Waals surface area (Å²) < 4.78 is 5.34. The molecule has 1 N–H and O–H groups in total. The molecule has 3 rings (SSSR count). The van der Waals surface area contributed by atoms with Gasteiger partial charge in [-0.25, -0.2) is 4.98 Å². The number of furan rings is 1. The van der Waals surface area contributed by atoms with Crippen LogP contribution in [0.4, 0.5) is 5.69 Å². The second-order valence-corrected chi connectivity index (χ2v) is 7.06. The van der Waals surface area contributed by atoms with Gasteiger partial charge in [0.05, 0.1) is 17.7 Å². The zero-order valence-corrected chi connectivity index (χ0v) is 15.0. The summed E-state index contributed by atoms with van der Waals surface area (Å²) in [5, 5.41) is 5.79. The summed E-state index contributed by atoms with van der Waals surface area (Å²) in [6.07, 6.45) is 2.64. The van der Waals surface area contributed by atoms with Gasteiger partial charge in [-0.1, -0.05) is 19.1 Å². The number of hydrogen-bond donors (Lipinski definition) is 1. The minimum absolute atomic E-state index is 0.00531. The summed E-state index contributed by atoms with van der Waals surface area (Å²) >= 11 is 3.11. The zero-order valence-electron chi connectivity index (χ0n) is 13.3. The Morgan fingerprint density at radius 3 is 2.83 bits per heavy atom. The summed E-state index contributed by atoms with van der Waals surface area (Å²) in [6.45, 7) is 2.11.